The van der Waals surface area contributed by atoms with E-state index in [0.717, 1.165) is 37.6 Å². The quantitative estimate of drug-likeness (QED) is 0.928. The highest BCUT2D eigenvalue weighted by molar-refractivity contribution is 5.87. The van der Waals surface area contributed by atoms with Gasteiger partial charge in [0.2, 0.25) is 5.91 Å². The van der Waals surface area contributed by atoms with Crippen molar-refractivity contribution in [2.45, 2.75) is 26.8 Å². The molecule has 4 nitrogen and oxygen atoms in total. The Hall–Kier alpha value is -1.42. The van der Waals surface area contributed by atoms with Crippen molar-refractivity contribution in [3.05, 3.63) is 24.3 Å². The number of amides is 1. The zero-order valence-electron chi connectivity index (χ0n) is 12.4. The third-order valence-corrected chi connectivity index (χ3v) is 3.78. The topological polar surface area (TPSA) is 35.6 Å². The summed E-state index contributed by atoms with van der Waals surface area (Å²) in [6, 6.07) is 8.08. The number of fused-ring (bicyclic) bond motifs is 1. The van der Waals surface area contributed by atoms with E-state index in [2.05, 4.69) is 22.3 Å². The first-order valence-electron chi connectivity index (χ1n) is 7.07. The fourth-order valence-electron chi connectivity index (χ4n) is 2.64. The van der Waals surface area contributed by atoms with Crippen LogP contribution in [0.3, 0.4) is 0 Å². The summed E-state index contributed by atoms with van der Waals surface area (Å²) in [5.74, 6) is 0.210. The molecule has 0 radical (unpaired) electrons. The van der Waals surface area contributed by atoms with Crippen LogP contribution in [-0.2, 0) is 4.79 Å². The van der Waals surface area contributed by atoms with E-state index in [1.165, 1.54) is 0 Å². The Morgan fingerprint density at radius 3 is 2.65 bits per heavy atom. The number of rotatable bonds is 4. The molecule has 1 N–H and O–H groups in total. The number of carbonyl (C=O) groups is 1. The van der Waals surface area contributed by atoms with E-state index >= 15 is 0 Å². The Labute approximate surface area is 127 Å². The van der Waals surface area contributed by atoms with Crippen LogP contribution in [0.1, 0.15) is 20.8 Å². The molecule has 112 valence electrons. The molecule has 20 heavy (non-hydrogen) atoms. The van der Waals surface area contributed by atoms with Gasteiger partial charge in [-0.25, -0.2) is 0 Å². The molecule has 0 saturated heterocycles. The van der Waals surface area contributed by atoms with E-state index < -0.39 is 0 Å². The number of nitrogens with one attached hydrogen (secondary N) is 1. The number of hydrogen-bond acceptors (Lipinski definition) is 3. The van der Waals surface area contributed by atoms with Gasteiger partial charge in [0.25, 0.3) is 0 Å². The molecule has 5 heteroatoms. The van der Waals surface area contributed by atoms with Crippen LogP contribution in [0.25, 0.3) is 0 Å². The lowest BCUT2D eigenvalue weighted by Crippen LogP contribution is -2.50. The normalized spacial score (nSPS) is 14.7. The second kappa shape index (κ2) is 7.39. The maximum absolute atomic E-state index is 12.5. The number of likely N-dealkylation sites (N-methyl/N-ethyl adjacent to an activating group) is 1. The highest BCUT2D eigenvalue weighted by Gasteiger charge is 2.27. The molecule has 1 aliphatic heterocycles. The monoisotopic (exact) mass is 297 g/mol. The molecular weight excluding hydrogens is 274 g/mol. The summed E-state index contributed by atoms with van der Waals surface area (Å²) in [6.45, 7) is 9.35. The van der Waals surface area contributed by atoms with Crippen molar-refractivity contribution in [2.75, 3.05) is 36.4 Å². The molecule has 1 aliphatic rings. The molecule has 0 fully saturated rings. The number of halogens is 1. The Bertz CT molecular complexity index is 448. The maximum atomic E-state index is 12.5. The van der Waals surface area contributed by atoms with Gasteiger partial charge in [-0.15, -0.1) is 12.4 Å². The van der Waals surface area contributed by atoms with Gasteiger partial charge in [0, 0.05) is 26.2 Å². The summed E-state index contributed by atoms with van der Waals surface area (Å²) >= 11 is 0. The lowest BCUT2D eigenvalue weighted by molar-refractivity contribution is -0.131. The van der Waals surface area contributed by atoms with Gasteiger partial charge in [0.15, 0.2) is 0 Å². The largest absolute Gasteiger partial charge is 0.382 e. The van der Waals surface area contributed by atoms with E-state index in [-0.39, 0.29) is 24.4 Å². The van der Waals surface area contributed by atoms with Crippen LogP contribution < -0.4 is 10.2 Å². The zero-order chi connectivity index (χ0) is 13.8. The van der Waals surface area contributed by atoms with Crippen molar-refractivity contribution in [2.24, 2.45) is 0 Å². The van der Waals surface area contributed by atoms with Crippen LogP contribution in [0.4, 0.5) is 11.4 Å². The fraction of sp³-hybridized carbons (Fsp3) is 0.533. The van der Waals surface area contributed by atoms with Crippen molar-refractivity contribution in [1.82, 2.24) is 4.90 Å². The summed E-state index contributed by atoms with van der Waals surface area (Å²) in [4.78, 5) is 16.6. The first-order valence-corrected chi connectivity index (χ1v) is 7.07. The lowest BCUT2D eigenvalue weighted by Gasteiger charge is -2.37. The molecule has 0 aromatic heterocycles. The lowest BCUT2D eigenvalue weighted by atomic mass is 10.1. The number of anilines is 2. The Kier molecular flexibility index (Phi) is 6.14. The SMILES string of the molecule is CCN(CC)C(=O)C(C)N1CCNc2ccccc21.Cl. The Balaban J connectivity index is 0.00000200. The van der Waals surface area contributed by atoms with Crippen LogP contribution in [0.2, 0.25) is 0 Å². The molecule has 1 amide bonds. The Morgan fingerprint density at radius 2 is 2.00 bits per heavy atom. The third-order valence-electron chi connectivity index (χ3n) is 3.78. The standard InChI is InChI=1S/C15H23N3O.ClH/c1-4-17(5-2)15(19)12(3)18-11-10-16-13-8-6-7-9-14(13)18;/h6-9,12,16H,4-5,10-11H2,1-3H3;1H. The molecule has 0 spiro atoms. The van der Waals surface area contributed by atoms with Gasteiger partial charge in [-0.1, -0.05) is 12.1 Å². The fourth-order valence-corrected chi connectivity index (χ4v) is 2.64. The molecule has 1 heterocycles. The van der Waals surface area contributed by atoms with Gasteiger partial charge in [-0.05, 0) is 32.9 Å². The molecule has 0 saturated carbocycles. The molecule has 0 aliphatic carbocycles. The molecule has 2 rings (SSSR count). The predicted octanol–water partition coefficient (Wildman–Crippen LogP) is 2.60. The third kappa shape index (κ3) is 3.18. The highest BCUT2D eigenvalue weighted by Crippen LogP contribution is 2.30. The van der Waals surface area contributed by atoms with Gasteiger partial charge in [-0.2, -0.15) is 0 Å². The summed E-state index contributed by atoms with van der Waals surface area (Å²) in [5.41, 5.74) is 2.25. The summed E-state index contributed by atoms with van der Waals surface area (Å²) < 4.78 is 0. The first-order chi connectivity index (χ1) is 9.19. The van der Waals surface area contributed by atoms with E-state index in [1.54, 1.807) is 0 Å². The van der Waals surface area contributed by atoms with E-state index in [9.17, 15) is 4.79 Å². The number of benzene rings is 1. The number of nitrogens with zero attached hydrogens (tertiary/aromatic N) is 2. The van der Waals surface area contributed by atoms with Crippen molar-refractivity contribution < 1.29 is 4.79 Å². The van der Waals surface area contributed by atoms with E-state index in [1.807, 2.05) is 37.8 Å². The van der Waals surface area contributed by atoms with Crippen LogP contribution in [0, 0.1) is 0 Å². The van der Waals surface area contributed by atoms with E-state index in [4.69, 9.17) is 0 Å². The zero-order valence-corrected chi connectivity index (χ0v) is 13.2. The van der Waals surface area contributed by atoms with Gasteiger partial charge in [0.1, 0.15) is 6.04 Å². The van der Waals surface area contributed by atoms with Gasteiger partial charge < -0.3 is 15.1 Å². The minimum absolute atomic E-state index is 0. The van der Waals surface area contributed by atoms with Crippen molar-refractivity contribution in [3.63, 3.8) is 0 Å². The summed E-state index contributed by atoms with van der Waals surface area (Å²) in [6.07, 6.45) is 0. The molecule has 0 bridgehead atoms. The van der Waals surface area contributed by atoms with Crippen molar-refractivity contribution in [1.29, 1.82) is 0 Å². The van der Waals surface area contributed by atoms with Gasteiger partial charge in [-0.3, -0.25) is 4.79 Å². The molecule has 1 aromatic rings. The Morgan fingerprint density at radius 1 is 1.35 bits per heavy atom. The van der Waals surface area contributed by atoms with E-state index in [0.29, 0.717) is 0 Å². The average molecular weight is 298 g/mol. The van der Waals surface area contributed by atoms with Crippen LogP contribution >= 0.6 is 12.4 Å². The molecular formula is C15H24ClN3O. The molecule has 1 aromatic carbocycles. The molecule has 1 atom stereocenters. The maximum Gasteiger partial charge on any atom is 0.244 e. The predicted molar refractivity (Wildman–Crippen MR) is 86.9 cm³/mol. The second-order valence-corrected chi connectivity index (χ2v) is 4.82. The summed E-state index contributed by atoms with van der Waals surface area (Å²) in [5, 5.41) is 3.38. The second-order valence-electron chi connectivity index (χ2n) is 4.82. The van der Waals surface area contributed by atoms with Crippen LogP contribution in [0.15, 0.2) is 24.3 Å². The van der Waals surface area contributed by atoms with Crippen molar-refractivity contribution >= 4 is 29.7 Å². The number of carbonyl (C=O) groups excluding carboxylic acids is 1. The van der Waals surface area contributed by atoms with Crippen LogP contribution in [0.5, 0.6) is 0 Å². The first kappa shape index (κ1) is 16.6. The average Bonchev–Trinajstić information content (AvgIpc) is 2.47. The van der Waals surface area contributed by atoms with Gasteiger partial charge >= 0.3 is 0 Å². The van der Waals surface area contributed by atoms with Gasteiger partial charge in [0.05, 0.1) is 11.4 Å². The van der Waals surface area contributed by atoms with Crippen molar-refractivity contribution in [3.8, 4) is 0 Å². The highest BCUT2D eigenvalue weighted by atomic mass is 35.5. The smallest absolute Gasteiger partial charge is 0.244 e. The number of para-hydroxylation sites is 2. The minimum atomic E-state index is -0.108. The number of hydrogen-bond donors (Lipinski definition) is 1. The van der Waals surface area contributed by atoms with Crippen LogP contribution in [-0.4, -0.2) is 43.0 Å². The summed E-state index contributed by atoms with van der Waals surface area (Å²) in [7, 11) is 0. The minimum Gasteiger partial charge on any atom is -0.382 e. The molecule has 1 unspecified atom stereocenters.